The van der Waals surface area contributed by atoms with Crippen molar-refractivity contribution < 1.29 is 59.1 Å². The Hall–Kier alpha value is -3.13. The third-order valence-corrected chi connectivity index (χ3v) is 7.08. The van der Waals surface area contributed by atoms with E-state index >= 15 is 0 Å². The number of aliphatic hydroxyl groups is 4. The third kappa shape index (κ3) is 5.37. The second kappa shape index (κ2) is 11.7. The van der Waals surface area contributed by atoms with Crippen molar-refractivity contribution in [3.8, 4) is 23.0 Å². The molecule has 2 aromatic carbocycles. The lowest BCUT2D eigenvalue weighted by atomic mass is 9.75. The Morgan fingerprint density at radius 1 is 0.921 bits per heavy atom. The normalized spacial score (nSPS) is 29.3. The number of phenols is 2. The van der Waals surface area contributed by atoms with Crippen molar-refractivity contribution in [3.63, 3.8) is 0 Å². The zero-order chi connectivity index (χ0) is 27.6. The molecular weight excluding hydrogens is 504 g/mol. The fourth-order valence-electron chi connectivity index (χ4n) is 4.96. The number of methoxy groups -OCH3 is 2. The number of hydrogen-bond acceptors (Lipinski definition) is 12. The van der Waals surface area contributed by atoms with E-state index in [-0.39, 0.29) is 36.2 Å². The topological polar surface area (TPSA) is 185 Å². The zero-order valence-corrected chi connectivity index (χ0v) is 20.8. The summed E-state index contributed by atoms with van der Waals surface area (Å²) in [5, 5.41) is 60.1. The summed E-state index contributed by atoms with van der Waals surface area (Å²) >= 11 is 0. The Balaban J connectivity index is 1.66. The number of cyclic esters (lactones) is 1. The van der Waals surface area contributed by atoms with E-state index in [1.807, 2.05) is 0 Å². The molecule has 12 nitrogen and oxygen atoms in total. The summed E-state index contributed by atoms with van der Waals surface area (Å²) in [6.07, 6.45) is -7.37. The number of hydrogen-bond donors (Lipinski definition) is 6. The molecule has 12 heteroatoms. The second-order valence-corrected chi connectivity index (χ2v) is 9.27. The molecule has 0 amide bonds. The van der Waals surface area contributed by atoms with Gasteiger partial charge in [0.1, 0.15) is 24.4 Å². The van der Waals surface area contributed by atoms with Crippen molar-refractivity contribution in [2.75, 3.05) is 34.0 Å². The highest BCUT2D eigenvalue weighted by atomic mass is 16.7. The van der Waals surface area contributed by atoms with Gasteiger partial charge in [-0.3, -0.25) is 4.79 Å². The van der Waals surface area contributed by atoms with E-state index in [1.165, 1.54) is 26.4 Å². The molecule has 0 spiro atoms. The lowest BCUT2D eigenvalue weighted by Crippen LogP contribution is -2.59. The SMILES string of the molecule is COc1cc(C(c2ccc(O)c(OC)c2)[C@H]2COC(=O)[C@@H]2CO[C@@H]2O[C@H](CO)[C@@H](O)[C@H](O)[C@H]2O)ccc1O. The van der Waals surface area contributed by atoms with E-state index in [0.29, 0.717) is 11.1 Å². The van der Waals surface area contributed by atoms with E-state index in [4.69, 9.17) is 23.7 Å². The molecule has 7 atom stereocenters. The van der Waals surface area contributed by atoms with Gasteiger partial charge in [-0.1, -0.05) is 12.1 Å². The van der Waals surface area contributed by atoms with Crippen molar-refractivity contribution in [2.24, 2.45) is 11.8 Å². The maximum Gasteiger partial charge on any atom is 0.311 e. The van der Waals surface area contributed by atoms with Crippen molar-refractivity contribution in [1.29, 1.82) is 0 Å². The second-order valence-electron chi connectivity index (χ2n) is 9.27. The number of aliphatic hydroxyl groups excluding tert-OH is 4. The molecule has 6 N–H and O–H groups in total. The largest absolute Gasteiger partial charge is 0.504 e. The van der Waals surface area contributed by atoms with Crippen LogP contribution in [0.2, 0.25) is 0 Å². The fourth-order valence-corrected chi connectivity index (χ4v) is 4.96. The van der Waals surface area contributed by atoms with Crippen LogP contribution in [0.15, 0.2) is 36.4 Å². The summed E-state index contributed by atoms with van der Waals surface area (Å²) in [7, 11) is 2.83. The minimum Gasteiger partial charge on any atom is -0.504 e. The van der Waals surface area contributed by atoms with E-state index < -0.39 is 61.0 Å². The third-order valence-electron chi connectivity index (χ3n) is 7.08. The molecule has 4 rings (SSSR count). The first-order chi connectivity index (χ1) is 18.2. The predicted molar refractivity (Wildman–Crippen MR) is 129 cm³/mol. The molecule has 2 aromatic rings. The molecular formula is C26H32O12. The van der Waals surface area contributed by atoms with E-state index in [1.54, 1.807) is 24.3 Å². The number of esters is 1. The van der Waals surface area contributed by atoms with Gasteiger partial charge in [0.25, 0.3) is 0 Å². The quantitative estimate of drug-likeness (QED) is 0.233. The summed E-state index contributed by atoms with van der Waals surface area (Å²) < 4.78 is 27.1. The first-order valence-corrected chi connectivity index (χ1v) is 12.0. The van der Waals surface area contributed by atoms with Crippen molar-refractivity contribution >= 4 is 5.97 Å². The smallest absolute Gasteiger partial charge is 0.311 e. The molecule has 2 heterocycles. The van der Waals surface area contributed by atoms with Crippen LogP contribution in [0.1, 0.15) is 17.0 Å². The standard InChI is InChI=1S/C26H32O12/c1-34-18-7-12(3-5-16(18)28)21(13-4-6-17(29)19(8-13)35-2)14-10-36-25(33)15(14)11-37-26-24(32)23(31)22(30)20(9-27)38-26/h3-8,14-15,20-24,26-32H,9-11H2,1-2H3/t14-,15+,20+,22+,23-,24+,26+/m0/s1. The maximum absolute atomic E-state index is 12.8. The molecule has 2 aliphatic rings. The van der Waals surface area contributed by atoms with Gasteiger partial charge < -0.3 is 54.3 Å². The molecule has 38 heavy (non-hydrogen) atoms. The van der Waals surface area contributed by atoms with Gasteiger partial charge in [-0.15, -0.1) is 0 Å². The van der Waals surface area contributed by atoms with Crippen molar-refractivity contribution in [2.45, 2.75) is 36.6 Å². The van der Waals surface area contributed by atoms with Gasteiger partial charge in [0.2, 0.25) is 0 Å². The summed E-state index contributed by atoms with van der Waals surface area (Å²) in [6.45, 7) is -0.877. The fraction of sp³-hybridized carbons (Fsp3) is 0.500. The highest BCUT2D eigenvalue weighted by Gasteiger charge is 2.47. The van der Waals surface area contributed by atoms with Gasteiger partial charge in [-0.2, -0.15) is 0 Å². The van der Waals surface area contributed by atoms with Crippen LogP contribution in [0.4, 0.5) is 0 Å². The van der Waals surface area contributed by atoms with Gasteiger partial charge in [0.15, 0.2) is 29.3 Å². The number of ether oxygens (including phenoxy) is 5. The van der Waals surface area contributed by atoms with E-state index in [2.05, 4.69) is 0 Å². The predicted octanol–water partition coefficient (Wildman–Crippen LogP) is -0.147. The summed E-state index contributed by atoms with van der Waals surface area (Å²) in [4.78, 5) is 12.8. The van der Waals surface area contributed by atoms with Crippen LogP contribution in [0, 0.1) is 11.8 Å². The highest BCUT2D eigenvalue weighted by molar-refractivity contribution is 5.75. The molecule has 2 aliphatic heterocycles. The number of carbonyl (C=O) groups is 1. The van der Waals surface area contributed by atoms with Crippen LogP contribution >= 0.6 is 0 Å². The number of carbonyl (C=O) groups excluding carboxylic acids is 1. The minimum absolute atomic E-state index is 0.0125. The number of aromatic hydroxyl groups is 2. The summed E-state index contributed by atoms with van der Waals surface area (Å²) in [5.74, 6) is -2.15. The van der Waals surface area contributed by atoms with E-state index in [9.17, 15) is 35.4 Å². The molecule has 2 saturated heterocycles. The average molecular weight is 537 g/mol. The number of rotatable bonds is 9. The Morgan fingerprint density at radius 3 is 2.03 bits per heavy atom. The lowest BCUT2D eigenvalue weighted by Gasteiger charge is -2.40. The molecule has 0 radical (unpaired) electrons. The molecule has 0 saturated carbocycles. The van der Waals surface area contributed by atoms with Crippen LogP contribution in [0.3, 0.4) is 0 Å². The van der Waals surface area contributed by atoms with Gasteiger partial charge in [-0.25, -0.2) is 0 Å². The van der Waals surface area contributed by atoms with Gasteiger partial charge in [-0.05, 0) is 35.4 Å². The van der Waals surface area contributed by atoms with Crippen LogP contribution in [0.25, 0.3) is 0 Å². The van der Waals surface area contributed by atoms with Crippen LogP contribution in [-0.4, -0.2) is 101 Å². The Bertz CT molecular complexity index is 1070. The van der Waals surface area contributed by atoms with Crippen LogP contribution < -0.4 is 9.47 Å². The maximum atomic E-state index is 12.8. The minimum atomic E-state index is -1.63. The zero-order valence-electron chi connectivity index (χ0n) is 20.8. The first kappa shape index (κ1) is 27.9. The molecule has 2 fully saturated rings. The molecule has 208 valence electrons. The first-order valence-electron chi connectivity index (χ1n) is 12.0. The lowest BCUT2D eigenvalue weighted by molar-refractivity contribution is -0.303. The Labute approximate surface area is 218 Å². The Morgan fingerprint density at radius 2 is 1.50 bits per heavy atom. The summed E-state index contributed by atoms with van der Waals surface area (Å²) in [6, 6.07) is 9.57. The van der Waals surface area contributed by atoms with Crippen molar-refractivity contribution in [3.05, 3.63) is 47.5 Å². The number of benzene rings is 2. The van der Waals surface area contributed by atoms with Crippen LogP contribution in [-0.2, 0) is 19.0 Å². The molecule has 0 bridgehead atoms. The summed E-state index contributed by atoms with van der Waals surface area (Å²) in [5.41, 5.74) is 1.35. The molecule has 0 unspecified atom stereocenters. The monoisotopic (exact) mass is 536 g/mol. The Kier molecular flexibility index (Phi) is 8.61. The molecule has 0 aliphatic carbocycles. The number of phenolic OH excluding ortho intramolecular Hbond substituents is 2. The van der Waals surface area contributed by atoms with Gasteiger partial charge >= 0.3 is 5.97 Å². The van der Waals surface area contributed by atoms with Gasteiger partial charge in [0.05, 0.1) is 40.0 Å². The average Bonchev–Trinajstić information content (AvgIpc) is 3.28. The molecule has 0 aromatic heterocycles. The highest BCUT2D eigenvalue weighted by Crippen LogP contribution is 2.44. The van der Waals surface area contributed by atoms with Gasteiger partial charge in [0, 0.05) is 11.8 Å². The van der Waals surface area contributed by atoms with E-state index in [0.717, 1.165) is 0 Å². The van der Waals surface area contributed by atoms with Crippen LogP contribution in [0.5, 0.6) is 23.0 Å². The van der Waals surface area contributed by atoms with Crippen molar-refractivity contribution in [1.82, 2.24) is 0 Å².